The number of anilines is 1. The molecule has 2 N–H and O–H groups in total. The van der Waals surface area contributed by atoms with Crippen LogP contribution in [0.2, 0.25) is 0 Å². The topological polar surface area (TPSA) is 118 Å². The van der Waals surface area contributed by atoms with Gasteiger partial charge in [0, 0.05) is 5.56 Å². The fourth-order valence-electron chi connectivity index (χ4n) is 2.79. The maximum Gasteiger partial charge on any atom is 0.337 e. The van der Waals surface area contributed by atoms with Crippen LogP contribution in [0.3, 0.4) is 0 Å². The van der Waals surface area contributed by atoms with Crippen molar-refractivity contribution in [3.63, 3.8) is 0 Å². The summed E-state index contributed by atoms with van der Waals surface area (Å²) >= 11 is 0. The maximum absolute atomic E-state index is 12.4. The van der Waals surface area contributed by atoms with E-state index in [0.717, 1.165) is 5.56 Å². The third-order valence-corrected chi connectivity index (χ3v) is 4.58. The Labute approximate surface area is 196 Å². The van der Waals surface area contributed by atoms with Crippen molar-refractivity contribution >= 4 is 36.0 Å². The summed E-state index contributed by atoms with van der Waals surface area (Å²) in [6.45, 7) is 0. The van der Waals surface area contributed by atoms with E-state index in [4.69, 9.17) is 0 Å². The molecule has 0 aliphatic carbocycles. The number of benzene rings is 3. The number of carbonyl (C=O) groups excluding carboxylic acids is 3. The molecule has 0 aliphatic heterocycles. The lowest BCUT2D eigenvalue weighted by Gasteiger charge is -2.04. The lowest BCUT2D eigenvalue weighted by molar-refractivity contribution is 0.0592. The summed E-state index contributed by atoms with van der Waals surface area (Å²) in [6.07, 6.45) is 3.06. The van der Waals surface area contributed by atoms with Crippen molar-refractivity contribution in [2.75, 3.05) is 19.6 Å². The molecule has 34 heavy (non-hydrogen) atoms. The molecule has 3 aromatic rings. The molecule has 9 nitrogen and oxygen atoms in total. The number of nitrogens with zero attached hydrogens (tertiary/aromatic N) is 2. The standard InChI is InChI=1S/C25H22N4O5/c1-33-24(31)19-10-6-17(7-11-19)15-26-28-22-5-3-4-21(14-22)23(30)29-27-16-18-8-12-20(13-9-18)25(32)34-2/h3-16,28H,1-2H3,(H,29,30). The summed E-state index contributed by atoms with van der Waals surface area (Å²) < 4.78 is 9.32. The van der Waals surface area contributed by atoms with Crippen molar-refractivity contribution in [2.45, 2.75) is 0 Å². The fraction of sp³-hybridized carbons (Fsp3) is 0.0800. The van der Waals surface area contributed by atoms with E-state index >= 15 is 0 Å². The number of ether oxygens (including phenoxy) is 2. The van der Waals surface area contributed by atoms with Crippen molar-refractivity contribution in [1.82, 2.24) is 5.43 Å². The first kappa shape index (κ1) is 23.9. The van der Waals surface area contributed by atoms with Gasteiger partial charge < -0.3 is 9.47 Å². The molecule has 0 atom stereocenters. The number of carbonyl (C=O) groups is 3. The second-order valence-electron chi connectivity index (χ2n) is 6.88. The lowest BCUT2D eigenvalue weighted by atomic mass is 10.1. The monoisotopic (exact) mass is 458 g/mol. The van der Waals surface area contributed by atoms with Gasteiger partial charge in [0.2, 0.25) is 0 Å². The first-order chi connectivity index (χ1) is 16.5. The molecule has 0 fully saturated rings. The molecule has 3 rings (SSSR count). The number of esters is 2. The average molecular weight is 458 g/mol. The Morgan fingerprint density at radius 1 is 0.706 bits per heavy atom. The van der Waals surface area contributed by atoms with E-state index in [1.165, 1.54) is 20.4 Å². The maximum atomic E-state index is 12.4. The van der Waals surface area contributed by atoms with Crippen LogP contribution in [0.1, 0.15) is 42.2 Å². The smallest absolute Gasteiger partial charge is 0.337 e. The minimum Gasteiger partial charge on any atom is -0.465 e. The van der Waals surface area contributed by atoms with E-state index in [1.54, 1.807) is 79.0 Å². The Morgan fingerprint density at radius 2 is 1.24 bits per heavy atom. The van der Waals surface area contributed by atoms with Gasteiger partial charge in [0.15, 0.2) is 0 Å². The average Bonchev–Trinajstić information content (AvgIpc) is 2.88. The molecule has 0 heterocycles. The number of hydrogen-bond donors (Lipinski definition) is 2. The highest BCUT2D eigenvalue weighted by molar-refractivity contribution is 5.96. The van der Waals surface area contributed by atoms with E-state index in [9.17, 15) is 14.4 Å². The highest BCUT2D eigenvalue weighted by Gasteiger charge is 2.06. The number of amides is 1. The molecular formula is C25H22N4O5. The Morgan fingerprint density at radius 3 is 1.76 bits per heavy atom. The third kappa shape index (κ3) is 6.60. The zero-order valence-electron chi connectivity index (χ0n) is 18.5. The normalized spacial score (nSPS) is 10.8. The fourth-order valence-corrected chi connectivity index (χ4v) is 2.79. The SMILES string of the molecule is COC(=O)c1ccc(C=NNC(=O)c2cccc(NN=Cc3ccc(C(=O)OC)cc3)c2)cc1. The summed E-state index contributed by atoms with van der Waals surface area (Å²) in [5.41, 5.74) is 8.68. The predicted molar refractivity (Wildman–Crippen MR) is 128 cm³/mol. The van der Waals surface area contributed by atoms with E-state index in [2.05, 4.69) is 30.5 Å². The Hall–Kier alpha value is -4.79. The number of hydrogen-bond acceptors (Lipinski definition) is 8. The molecule has 0 unspecified atom stereocenters. The zero-order valence-corrected chi connectivity index (χ0v) is 18.5. The molecule has 0 saturated carbocycles. The number of methoxy groups -OCH3 is 2. The van der Waals surface area contributed by atoms with E-state index < -0.39 is 17.8 Å². The van der Waals surface area contributed by atoms with E-state index in [1.807, 2.05) is 0 Å². The number of nitrogens with one attached hydrogen (secondary N) is 2. The van der Waals surface area contributed by atoms with Gasteiger partial charge >= 0.3 is 11.9 Å². The van der Waals surface area contributed by atoms with Crippen LogP contribution in [0.25, 0.3) is 0 Å². The molecule has 0 spiro atoms. The molecular weight excluding hydrogens is 436 g/mol. The first-order valence-corrected chi connectivity index (χ1v) is 10.1. The van der Waals surface area contributed by atoms with Crippen LogP contribution in [-0.4, -0.2) is 44.5 Å². The summed E-state index contributed by atoms with van der Waals surface area (Å²) in [4.78, 5) is 35.3. The second kappa shape index (κ2) is 11.7. The quantitative estimate of drug-likeness (QED) is 0.303. The lowest BCUT2D eigenvalue weighted by Crippen LogP contribution is -2.17. The Kier molecular flexibility index (Phi) is 8.23. The molecule has 1 amide bonds. The van der Waals surface area contributed by atoms with Gasteiger partial charge in [-0.05, 0) is 53.6 Å². The van der Waals surface area contributed by atoms with Crippen molar-refractivity contribution in [2.24, 2.45) is 10.2 Å². The molecule has 9 heteroatoms. The zero-order chi connectivity index (χ0) is 24.3. The highest BCUT2D eigenvalue weighted by Crippen LogP contribution is 2.11. The summed E-state index contributed by atoms with van der Waals surface area (Å²) in [7, 11) is 2.64. The van der Waals surface area contributed by atoms with Crippen LogP contribution in [0, 0.1) is 0 Å². The van der Waals surface area contributed by atoms with Crippen LogP contribution in [-0.2, 0) is 9.47 Å². The summed E-state index contributed by atoms with van der Waals surface area (Å²) in [5, 5.41) is 8.10. The molecule has 0 radical (unpaired) electrons. The predicted octanol–water partition coefficient (Wildman–Crippen LogP) is 3.47. The van der Waals surface area contributed by atoms with Crippen molar-refractivity contribution in [3.05, 3.63) is 101 Å². The van der Waals surface area contributed by atoms with Gasteiger partial charge in [-0.1, -0.05) is 30.3 Å². The first-order valence-electron chi connectivity index (χ1n) is 10.1. The van der Waals surface area contributed by atoms with Gasteiger partial charge in [0.1, 0.15) is 0 Å². The minimum atomic E-state index is -0.425. The molecule has 172 valence electrons. The van der Waals surface area contributed by atoms with Crippen LogP contribution in [0.15, 0.2) is 83.0 Å². The van der Waals surface area contributed by atoms with Crippen LogP contribution >= 0.6 is 0 Å². The molecule has 3 aromatic carbocycles. The second-order valence-corrected chi connectivity index (χ2v) is 6.88. The Balaban J connectivity index is 1.55. The minimum absolute atomic E-state index is 0.390. The van der Waals surface area contributed by atoms with Gasteiger partial charge in [0.05, 0.1) is 43.5 Å². The van der Waals surface area contributed by atoms with Gasteiger partial charge in [0.25, 0.3) is 5.91 Å². The van der Waals surface area contributed by atoms with Gasteiger partial charge in [-0.3, -0.25) is 10.2 Å². The van der Waals surface area contributed by atoms with Crippen molar-refractivity contribution < 1.29 is 23.9 Å². The van der Waals surface area contributed by atoms with Crippen molar-refractivity contribution in [1.29, 1.82) is 0 Å². The number of hydrazone groups is 2. The number of rotatable bonds is 8. The van der Waals surface area contributed by atoms with Crippen LogP contribution < -0.4 is 10.9 Å². The largest absolute Gasteiger partial charge is 0.465 e. The molecule has 0 aromatic heterocycles. The summed E-state index contributed by atoms with van der Waals surface area (Å²) in [5.74, 6) is -1.22. The van der Waals surface area contributed by atoms with Gasteiger partial charge in [-0.15, -0.1) is 0 Å². The molecule has 0 aliphatic rings. The highest BCUT2D eigenvalue weighted by atomic mass is 16.5. The summed E-state index contributed by atoms with van der Waals surface area (Å²) in [6, 6.07) is 20.1. The van der Waals surface area contributed by atoms with Crippen LogP contribution in [0.4, 0.5) is 5.69 Å². The molecule has 0 bridgehead atoms. The van der Waals surface area contributed by atoms with Gasteiger partial charge in [-0.25, -0.2) is 15.0 Å². The van der Waals surface area contributed by atoms with E-state index in [0.29, 0.717) is 27.9 Å². The van der Waals surface area contributed by atoms with Crippen molar-refractivity contribution in [3.8, 4) is 0 Å². The third-order valence-electron chi connectivity index (χ3n) is 4.58. The van der Waals surface area contributed by atoms with Gasteiger partial charge in [-0.2, -0.15) is 10.2 Å². The van der Waals surface area contributed by atoms with Crippen LogP contribution in [0.5, 0.6) is 0 Å². The molecule has 0 saturated heterocycles. The van der Waals surface area contributed by atoms with E-state index in [-0.39, 0.29) is 0 Å². The Bertz CT molecular complexity index is 1220.